The van der Waals surface area contributed by atoms with E-state index in [4.69, 9.17) is 42.1 Å². The van der Waals surface area contributed by atoms with Gasteiger partial charge < -0.3 is 18.9 Å². The molecule has 23 heavy (non-hydrogen) atoms. The summed E-state index contributed by atoms with van der Waals surface area (Å²) < 4.78 is 21.7. The van der Waals surface area contributed by atoms with E-state index < -0.39 is 0 Å². The minimum absolute atomic E-state index is 0.388. The molecule has 0 fully saturated rings. The molecule has 0 atom stereocenters. The van der Waals surface area contributed by atoms with Crippen LogP contribution in [0.15, 0.2) is 42.5 Å². The van der Waals surface area contributed by atoms with Crippen molar-refractivity contribution >= 4 is 23.2 Å². The topological polar surface area (TPSA) is 36.9 Å². The summed E-state index contributed by atoms with van der Waals surface area (Å²) in [6.45, 7) is 1.73. The first-order valence-electron chi connectivity index (χ1n) is 7.11. The molecule has 2 aromatic rings. The van der Waals surface area contributed by atoms with Crippen LogP contribution in [-0.2, 0) is 4.74 Å². The summed E-state index contributed by atoms with van der Waals surface area (Å²) in [5, 5.41) is 1.10. The average Bonchev–Trinajstić information content (AvgIpc) is 2.57. The normalized spacial score (nSPS) is 10.4. The molecule has 0 saturated heterocycles. The molecule has 0 radical (unpaired) electrons. The third-order valence-corrected chi connectivity index (χ3v) is 3.46. The van der Waals surface area contributed by atoms with Gasteiger partial charge in [-0.25, -0.2) is 0 Å². The number of hydrogen-bond acceptors (Lipinski definition) is 4. The molecule has 4 nitrogen and oxygen atoms in total. The van der Waals surface area contributed by atoms with Gasteiger partial charge in [0.15, 0.2) is 0 Å². The fourth-order valence-corrected chi connectivity index (χ4v) is 2.14. The predicted molar refractivity (Wildman–Crippen MR) is 91.3 cm³/mol. The van der Waals surface area contributed by atoms with Crippen molar-refractivity contribution in [1.82, 2.24) is 0 Å². The van der Waals surface area contributed by atoms with E-state index >= 15 is 0 Å². The van der Waals surface area contributed by atoms with Gasteiger partial charge in [-0.1, -0.05) is 29.3 Å². The van der Waals surface area contributed by atoms with Crippen LogP contribution in [0, 0.1) is 0 Å². The van der Waals surface area contributed by atoms with Gasteiger partial charge in [0, 0.05) is 17.2 Å². The van der Waals surface area contributed by atoms with E-state index in [-0.39, 0.29) is 0 Å². The molecule has 0 N–H and O–H groups in total. The third-order valence-electron chi connectivity index (χ3n) is 2.92. The summed E-state index contributed by atoms with van der Waals surface area (Å²) in [4.78, 5) is 0. The van der Waals surface area contributed by atoms with Gasteiger partial charge in [0.05, 0.1) is 25.3 Å². The average molecular weight is 357 g/mol. The molecule has 0 aliphatic rings. The van der Waals surface area contributed by atoms with Crippen LogP contribution < -0.4 is 14.2 Å². The highest BCUT2D eigenvalue weighted by atomic mass is 35.5. The number of halogens is 2. The molecule has 0 aliphatic heterocycles. The van der Waals surface area contributed by atoms with Gasteiger partial charge in [-0.2, -0.15) is 0 Å². The van der Waals surface area contributed by atoms with Gasteiger partial charge >= 0.3 is 0 Å². The number of benzene rings is 2. The Labute approximate surface area is 145 Å². The zero-order valence-corrected chi connectivity index (χ0v) is 14.3. The largest absolute Gasteiger partial charge is 0.497 e. The molecule has 0 bridgehead atoms. The van der Waals surface area contributed by atoms with Crippen molar-refractivity contribution in [3.63, 3.8) is 0 Å². The monoisotopic (exact) mass is 356 g/mol. The number of rotatable bonds is 9. The van der Waals surface area contributed by atoms with Crippen LogP contribution >= 0.6 is 23.2 Å². The van der Waals surface area contributed by atoms with Crippen LogP contribution in [-0.4, -0.2) is 33.5 Å². The summed E-state index contributed by atoms with van der Waals surface area (Å²) in [6, 6.07) is 12.5. The smallest absolute Gasteiger partial charge is 0.139 e. The highest BCUT2D eigenvalue weighted by Gasteiger charge is 2.02. The summed E-state index contributed by atoms with van der Waals surface area (Å²) in [5.41, 5.74) is 0. The predicted octanol–water partition coefficient (Wildman–Crippen LogP) is 4.48. The Kier molecular flexibility index (Phi) is 7.33. The molecule has 0 saturated carbocycles. The minimum atomic E-state index is 0.388. The Hall–Kier alpha value is -1.62. The lowest BCUT2D eigenvalue weighted by Gasteiger charge is -2.10. The van der Waals surface area contributed by atoms with Crippen LogP contribution in [0.3, 0.4) is 0 Å². The van der Waals surface area contributed by atoms with Gasteiger partial charge in [-0.05, 0) is 24.3 Å². The van der Waals surface area contributed by atoms with Crippen molar-refractivity contribution in [2.45, 2.75) is 0 Å². The van der Waals surface area contributed by atoms with E-state index in [9.17, 15) is 0 Å². The standard InChI is InChI=1S/C17H18Cl2O4/c1-20-14-3-2-4-15(12-14)22-9-7-21-8-10-23-17-11-13(18)5-6-16(17)19/h2-6,11-12H,7-10H2,1H3. The number of hydrogen-bond donors (Lipinski definition) is 0. The second-order valence-corrected chi connectivity index (χ2v) is 5.41. The lowest BCUT2D eigenvalue weighted by atomic mass is 10.3. The van der Waals surface area contributed by atoms with E-state index in [1.54, 1.807) is 25.3 Å². The van der Waals surface area contributed by atoms with Crippen molar-refractivity contribution in [2.24, 2.45) is 0 Å². The van der Waals surface area contributed by atoms with Crippen molar-refractivity contribution in [3.8, 4) is 17.2 Å². The Morgan fingerprint density at radius 1 is 0.826 bits per heavy atom. The zero-order chi connectivity index (χ0) is 16.5. The maximum atomic E-state index is 6.00. The Morgan fingerprint density at radius 2 is 1.57 bits per heavy atom. The van der Waals surface area contributed by atoms with E-state index in [1.165, 1.54) is 0 Å². The van der Waals surface area contributed by atoms with Crippen LogP contribution in [0.5, 0.6) is 17.2 Å². The lowest BCUT2D eigenvalue weighted by Crippen LogP contribution is -2.12. The molecular weight excluding hydrogens is 339 g/mol. The summed E-state index contributed by atoms with van der Waals surface area (Å²) in [5.74, 6) is 2.06. The van der Waals surface area contributed by atoms with Crippen molar-refractivity contribution in [3.05, 3.63) is 52.5 Å². The molecule has 2 rings (SSSR count). The molecule has 6 heteroatoms. The minimum Gasteiger partial charge on any atom is -0.497 e. The number of ether oxygens (including phenoxy) is 4. The molecular formula is C17H18Cl2O4. The first-order chi connectivity index (χ1) is 11.2. The van der Waals surface area contributed by atoms with Gasteiger partial charge in [0.2, 0.25) is 0 Å². The quantitative estimate of drug-likeness (QED) is 0.621. The van der Waals surface area contributed by atoms with Gasteiger partial charge in [0.25, 0.3) is 0 Å². The lowest BCUT2D eigenvalue weighted by molar-refractivity contribution is 0.0764. The van der Waals surface area contributed by atoms with Crippen LogP contribution in [0.25, 0.3) is 0 Å². The summed E-state index contributed by atoms with van der Waals surface area (Å²) >= 11 is 11.9. The molecule has 2 aromatic carbocycles. The van der Waals surface area contributed by atoms with Gasteiger partial charge in [0.1, 0.15) is 30.5 Å². The highest BCUT2D eigenvalue weighted by molar-refractivity contribution is 6.34. The van der Waals surface area contributed by atoms with Crippen LogP contribution in [0.4, 0.5) is 0 Å². The highest BCUT2D eigenvalue weighted by Crippen LogP contribution is 2.27. The van der Waals surface area contributed by atoms with Crippen LogP contribution in [0.2, 0.25) is 10.0 Å². The van der Waals surface area contributed by atoms with Crippen molar-refractivity contribution in [2.75, 3.05) is 33.5 Å². The fraction of sp³-hybridized carbons (Fsp3) is 0.294. The van der Waals surface area contributed by atoms with Gasteiger partial charge in [-0.3, -0.25) is 0 Å². The van der Waals surface area contributed by atoms with E-state index in [2.05, 4.69) is 0 Å². The maximum absolute atomic E-state index is 6.00. The molecule has 0 amide bonds. The van der Waals surface area contributed by atoms with Gasteiger partial charge in [-0.15, -0.1) is 0 Å². The second kappa shape index (κ2) is 9.50. The van der Waals surface area contributed by atoms with E-state index in [0.29, 0.717) is 42.2 Å². The molecule has 0 unspecified atom stereocenters. The van der Waals surface area contributed by atoms with Crippen molar-refractivity contribution < 1.29 is 18.9 Å². The fourth-order valence-electron chi connectivity index (χ4n) is 1.81. The summed E-state index contributed by atoms with van der Waals surface area (Å²) in [6.07, 6.45) is 0. The second-order valence-electron chi connectivity index (χ2n) is 4.56. The third kappa shape index (κ3) is 6.18. The summed E-state index contributed by atoms with van der Waals surface area (Å²) in [7, 11) is 1.62. The molecule has 0 aromatic heterocycles. The Morgan fingerprint density at radius 3 is 2.35 bits per heavy atom. The van der Waals surface area contributed by atoms with Crippen LogP contribution in [0.1, 0.15) is 0 Å². The first-order valence-corrected chi connectivity index (χ1v) is 7.87. The Balaban J connectivity index is 1.60. The van der Waals surface area contributed by atoms with E-state index in [0.717, 1.165) is 11.5 Å². The molecule has 0 heterocycles. The molecule has 0 aliphatic carbocycles. The molecule has 124 valence electrons. The zero-order valence-electron chi connectivity index (χ0n) is 12.8. The first kappa shape index (κ1) is 17.7. The Bertz CT molecular complexity index is 619. The van der Waals surface area contributed by atoms with Crippen molar-refractivity contribution in [1.29, 1.82) is 0 Å². The maximum Gasteiger partial charge on any atom is 0.139 e. The molecule has 0 spiro atoms. The van der Waals surface area contributed by atoms with E-state index in [1.807, 2.05) is 24.3 Å². The number of methoxy groups -OCH3 is 1. The SMILES string of the molecule is COc1cccc(OCCOCCOc2cc(Cl)ccc2Cl)c1.